The normalized spacial score (nSPS) is 10.2. The van der Waals surface area contributed by atoms with E-state index in [1.807, 2.05) is 0 Å². The zero-order chi connectivity index (χ0) is 15.8. The second kappa shape index (κ2) is 7.95. The molecule has 0 N–H and O–H groups in total. The van der Waals surface area contributed by atoms with E-state index in [4.69, 9.17) is 0 Å². The maximum absolute atomic E-state index is 11.3. The molecule has 21 heavy (non-hydrogen) atoms. The number of nitrogens with zero attached hydrogens (tertiary/aromatic N) is 2. The molecule has 1 rings (SSSR count). The van der Waals surface area contributed by atoms with Crippen LogP contribution in [0, 0.1) is 10.1 Å². The molecule has 0 radical (unpaired) electrons. The van der Waals surface area contributed by atoms with E-state index < -0.39 is 16.9 Å². The van der Waals surface area contributed by atoms with Crippen molar-refractivity contribution < 1.29 is 24.0 Å². The van der Waals surface area contributed by atoms with E-state index in [1.165, 1.54) is 31.3 Å². The Kier molecular flexibility index (Phi) is 6.28. The molecule has 0 spiro atoms. The molecular weight excluding hydrogens is 280 g/mol. The number of hydrogen-bond acceptors (Lipinski definition) is 7. The molecule has 114 valence electrons. The van der Waals surface area contributed by atoms with Crippen LogP contribution in [0.15, 0.2) is 24.3 Å². The van der Waals surface area contributed by atoms with Crippen LogP contribution in [0.2, 0.25) is 0 Å². The number of rotatable bonds is 7. The molecule has 0 bridgehead atoms. The van der Waals surface area contributed by atoms with Crippen LogP contribution in [0.1, 0.15) is 5.56 Å². The van der Waals surface area contributed by atoms with Gasteiger partial charge in [-0.15, -0.1) is 0 Å². The minimum absolute atomic E-state index is 0.0220. The summed E-state index contributed by atoms with van der Waals surface area (Å²) in [6, 6.07) is 5.87. The monoisotopic (exact) mass is 296 g/mol. The van der Waals surface area contributed by atoms with Gasteiger partial charge in [-0.2, -0.15) is 0 Å². The second-order valence-electron chi connectivity index (χ2n) is 4.22. The van der Waals surface area contributed by atoms with Crippen molar-refractivity contribution in [3.8, 4) is 0 Å². The van der Waals surface area contributed by atoms with Crippen molar-refractivity contribution in [1.82, 2.24) is 4.90 Å². The van der Waals surface area contributed by atoms with Crippen LogP contribution in [-0.4, -0.2) is 49.1 Å². The summed E-state index contributed by atoms with van der Waals surface area (Å²) >= 11 is 0. The first-order chi connectivity index (χ1) is 9.96. The zero-order valence-electron chi connectivity index (χ0n) is 11.8. The first-order valence-electron chi connectivity index (χ1n) is 6.05. The summed E-state index contributed by atoms with van der Waals surface area (Å²) in [7, 11) is 2.51. The fourth-order valence-corrected chi connectivity index (χ4v) is 1.64. The molecule has 1 aromatic rings. The number of non-ortho nitro benzene ring substituents is 1. The quantitative estimate of drug-likeness (QED) is 0.415. The highest BCUT2D eigenvalue weighted by Gasteiger charge is 2.16. The standard InChI is InChI=1S/C13H16N2O6/c1-20-12(16)8-14(9-13(17)21-2)7-10-3-5-11(6-4-10)15(18)19/h3-6H,7-9H2,1-2H3. The first-order valence-corrected chi connectivity index (χ1v) is 6.05. The molecular formula is C13H16N2O6. The Balaban J connectivity index is 2.76. The van der Waals surface area contributed by atoms with Gasteiger partial charge in [-0.25, -0.2) is 0 Å². The van der Waals surface area contributed by atoms with E-state index in [0.29, 0.717) is 0 Å². The van der Waals surface area contributed by atoms with Crippen LogP contribution >= 0.6 is 0 Å². The van der Waals surface area contributed by atoms with Gasteiger partial charge in [0.2, 0.25) is 0 Å². The van der Waals surface area contributed by atoms with Crippen molar-refractivity contribution in [3.05, 3.63) is 39.9 Å². The van der Waals surface area contributed by atoms with Gasteiger partial charge in [-0.3, -0.25) is 24.6 Å². The Morgan fingerprint density at radius 3 is 1.95 bits per heavy atom. The van der Waals surface area contributed by atoms with Gasteiger partial charge in [0.15, 0.2) is 0 Å². The lowest BCUT2D eigenvalue weighted by Crippen LogP contribution is -2.35. The Bertz CT molecular complexity index is 496. The van der Waals surface area contributed by atoms with Gasteiger partial charge in [0.25, 0.3) is 5.69 Å². The lowest BCUT2D eigenvalue weighted by atomic mass is 10.2. The van der Waals surface area contributed by atoms with Crippen LogP contribution < -0.4 is 0 Å². The topological polar surface area (TPSA) is 99.0 Å². The fraction of sp³-hybridized carbons (Fsp3) is 0.385. The van der Waals surface area contributed by atoms with Crippen LogP contribution in [0.25, 0.3) is 0 Å². The predicted octanol–water partition coefficient (Wildman–Crippen LogP) is 0.743. The number of benzene rings is 1. The minimum Gasteiger partial charge on any atom is -0.468 e. The minimum atomic E-state index is -0.496. The smallest absolute Gasteiger partial charge is 0.319 e. The van der Waals surface area contributed by atoms with Gasteiger partial charge in [0.05, 0.1) is 32.2 Å². The molecule has 0 saturated heterocycles. The van der Waals surface area contributed by atoms with E-state index in [0.717, 1.165) is 5.56 Å². The van der Waals surface area contributed by atoms with Gasteiger partial charge in [-0.1, -0.05) is 12.1 Å². The van der Waals surface area contributed by atoms with E-state index in [2.05, 4.69) is 9.47 Å². The third-order valence-corrected chi connectivity index (χ3v) is 2.71. The Labute approximate surface area is 121 Å². The Hall–Kier alpha value is -2.48. The molecule has 0 aliphatic rings. The Morgan fingerprint density at radius 2 is 1.57 bits per heavy atom. The van der Waals surface area contributed by atoms with Gasteiger partial charge in [0.1, 0.15) is 0 Å². The number of nitro groups is 1. The maximum Gasteiger partial charge on any atom is 0.319 e. The fourth-order valence-electron chi connectivity index (χ4n) is 1.64. The number of hydrogen-bond donors (Lipinski definition) is 0. The van der Waals surface area contributed by atoms with Crippen molar-refractivity contribution >= 4 is 17.6 Å². The number of esters is 2. The molecule has 8 heteroatoms. The molecule has 0 aromatic heterocycles. The molecule has 0 amide bonds. The largest absolute Gasteiger partial charge is 0.468 e. The molecule has 1 aromatic carbocycles. The number of carbonyl (C=O) groups excluding carboxylic acids is 2. The highest BCUT2D eigenvalue weighted by molar-refractivity contribution is 5.74. The summed E-state index contributed by atoms with van der Waals surface area (Å²) < 4.78 is 9.12. The lowest BCUT2D eigenvalue weighted by molar-refractivity contribution is -0.384. The van der Waals surface area contributed by atoms with Gasteiger partial charge >= 0.3 is 11.9 Å². The average molecular weight is 296 g/mol. The zero-order valence-corrected chi connectivity index (χ0v) is 11.8. The Morgan fingerprint density at radius 1 is 1.10 bits per heavy atom. The number of methoxy groups -OCH3 is 2. The average Bonchev–Trinajstić information content (AvgIpc) is 2.47. The highest BCUT2D eigenvalue weighted by Crippen LogP contribution is 2.13. The number of nitro benzene ring substituents is 1. The van der Waals surface area contributed by atoms with Crippen LogP contribution in [-0.2, 0) is 25.6 Å². The van der Waals surface area contributed by atoms with Crippen molar-refractivity contribution in [2.45, 2.75) is 6.54 Å². The third-order valence-electron chi connectivity index (χ3n) is 2.71. The third kappa shape index (κ3) is 5.57. The molecule has 0 unspecified atom stereocenters. The molecule has 0 fully saturated rings. The van der Waals surface area contributed by atoms with Crippen molar-refractivity contribution in [3.63, 3.8) is 0 Å². The van der Waals surface area contributed by atoms with Crippen LogP contribution in [0.4, 0.5) is 5.69 Å². The van der Waals surface area contributed by atoms with Crippen LogP contribution in [0.3, 0.4) is 0 Å². The molecule has 0 saturated carbocycles. The van der Waals surface area contributed by atoms with Gasteiger partial charge in [0, 0.05) is 18.7 Å². The van der Waals surface area contributed by atoms with Crippen molar-refractivity contribution in [2.24, 2.45) is 0 Å². The predicted molar refractivity (Wildman–Crippen MR) is 72.4 cm³/mol. The van der Waals surface area contributed by atoms with Crippen molar-refractivity contribution in [1.29, 1.82) is 0 Å². The summed E-state index contributed by atoms with van der Waals surface area (Å²) in [5.41, 5.74) is 0.708. The summed E-state index contributed by atoms with van der Waals surface area (Å²) in [5, 5.41) is 10.6. The molecule has 0 heterocycles. The lowest BCUT2D eigenvalue weighted by Gasteiger charge is -2.19. The van der Waals surface area contributed by atoms with E-state index in [9.17, 15) is 19.7 Å². The highest BCUT2D eigenvalue weighted by atomic mass is 16.6. The van der Waals surface area contributed by atoms with E-state index >= 15 is 0 Å². The summed E-state index contributed by atoms with van der Waals surface area (Å²) in [4.78, 5) is 34.2. The molecule has 8 nitrogen and oxygen atoms in total. The number of carbonyl (C=O) groups is 2. The summed E-state index contributed by atoms with van der Waals surface area (Å²) in [5.74, 6) is -0.971. The number of ether oxygens (including phenoxy) is 2. The van der Waals surface area contributed by atoms with Gasteiger partial charge in [-0.05, 0) is 5.56 Å². The molecule has 0 aliphatic heterocycles. The summed E-state index contributed by atoms with van der Waals surface area (Å²) in [6.07, 6.45) is 0. The summed E-state index contributed by atoms with van der Waals surface area (Å²) in [6.45, 7) is 0.105. The maximum atomic E-state index is 11.3. The van der Waals surface area contributed by atoms with Crippen molar-refractivity contribution in [2.75, 3.05) is 27.3 Å². The van der Waals surface area contributed by atoms with E-state index in [-0.39, 0.29) is 25.3 Å². The van der Waals surface area contributed by atoms with Gasteiger partial charge < -0.3 is 9.47 Å². The molecule has 0 atom stereocenters. The SMILES string of the molecule is COC(=O)CN(CC(=O)OC)Cc1ccc([N+](=O)[O-])cc1. The second-order valence-corrected chi connectivity index (χ2v) is 4.22. The van der Waals surface area contributed by atoms with E-state index in [1.54, 1.807) is 12.1 Å². The first kappa shape index (κ1) is 16.6. The molecule has 0 aliphatic carbocycles. The van der Waals surface area contributed by atoms with Crippen LogP contribution in [0.5, 0.6) is 0 Å².